The number of hydrogen-bond donors (Lipinski definition) is 1. The number of halogens is 1. The number of anilines is 1. The Hall–Kier alpha value is -1.61. The van der Waals surface area contributed by atoms with Crippen molar-refractivity contribution < 1.29 is 4.79 Å². The Kier molecular flexibility index (Phi) is 4.11. The summed E-state index contributed by atoms with van der Waals surface area (Å²) in [6.45, 7) is 2.02. The zero-order valence-corrected chi connectivity index (χ0v) is 13.6. The van der Waals surface area contributed by atoms with Gasteiger partial charge in [-0.3, -0.25) is 4.79 Å². The summed E-state index contributed by atoms with van der Waals surface area (Å²) in [5.74, 6) is 0.204. The lowest BCUT2D eigenvalue weighted by Gasteiger charge is -2.23. The van der Waals surface area contributed by atoms with E-state index in [1.165, 1.54) is 11.1 Å². The van der Waals surface area contributed by atoms with Crippen molar-refractivity contribution in [3.05, 3.63) is 63.6 Å². The van der Waals surface area contributed by atoms with Crippen molar-refractivity contribution in [2.45, 2.75) is 26.2 Å². The lowest BCUT2D eigenvalue weighted by molar-refractivity contribution is -0.120. The first-order valence-electron chi connectivity index (χ1n) is 7.27. The molecule has 21 heavy (non-hydrogen) atoms. The van der Waals surface area contributed by atoms with Crippen LogP contribution in [0, 0.1) is 12.8 Å². The van der Waals surface area contributed by atoms with E-state index in [2.05, 4.69) is 45.5 Å². The van der Waals surface area contributed by atoms with E-state index in [9.17, 15) is 4.79 Å². The van der Waals surface area contributed by atoms with E-state index in [0.717, 1.165) is 35.0 Å². The fraction of sp³-hybridized carbons (Fsp3) is 0.278. The van der Waals surface area contributed by atoms with Gasteiger partial charge in [0.25, 0.3) is 0 Å². The molecule has 0 saturated carbocycles. The van der Waals surface area contributed by atoms with Crippen LogP contribution in [0.4, 0.5) is 5.69 Å². The second kappa shape index (κ2) is 6.02. The van der Waals surface area contributed by atoms with Crippen molar-refractivity contribution in [2.75, 3.05) is 5.32 Å². The topological polar surface area (TPSA) is 29.1 Å². The van der Waals surface area contributed by atoms with Crippen molar-refractivity contribution >= 4 is 27.5 Å². The highest BCUT2D eigenvalue weighted by atomic mass is 79.9. The summed E-state index contributed by atoms with van der Waals surface area (Å²) in [4.78, 5) is 12.5. The van der Waals surface area contributed by atoms with Crippen molar-refractivity contribution in [3.8, 4) is 0 Å². The number of amides is 1. The fourth-order valence-corrected chi connectivity index (χ4v) is 3.13. The highest BCUT2D eigenvalue weighted by Gasteiger charge is 2.24. The molecule has 0 spiro atoms. The quantitative estimate of drug-likeness (QED) is 0.854. The van der Waals surface area contributed by atoms with E-state index < -0.39 is 0 Å². The Bertz CT molecular complexity index is 681. The van der Waals surface area contributed by atoms with Gasteiger partial charge in [0.05, 0.1) is 0 Å². The maximum atomic E-state index is 12.5. The van der Waals surface area contributed by atoms with Gasteiger partial charge in [0.2, 0.25) is 5.91 Å². The van der Waals surface area contributed by atoms with Gasteiger partial charge in [0.15, 0.2) is 0 Å². The van der Waals surface area contributed by atoms with E-state index in [4.69, 9.17) is 0 Å². The number of fused-ring (bicyclic) bond motifs is 1. The van der Waals surface area contributed by atoms with Crippen LogP contribution in [0.5, 0.6) is 0 Å². The summed E-state index contributed by atoms with van der Waals surface area (Å²) < 4.78 is 1.06. The SMILES string of the molecule is Cc1cc(NC(=O)C2CCc3ccccc3C2)ccc1Br. The molecule has 0 bridgehead atoms. The molecule has 108 valence electrons. The van der Waals surface area contributed by atoms with Gasteiger partial charge in [-0.15, -0.1) is 0 Å². The predicted octanol–water partition coefficient (Wildman–Crippen LogP) is 4.50. The number of carbonyl (C=O) groups is 1. The lowest BCUT2D eigenvalue weighted by Crippen LogP contribution is -2.28. The minimum atomic E-state index is 0.0730. The molecule has 1 unspecified atom stereocenters. The molecule has 1 N–H and O–H groups in total. The Labute approximate surface area is 133 Å². The Balaban J connectivity index is 1.70. The molecule has 0 aromatic heterocycles. The highest BCUT2D eigenvalue weighted by Crippen LogP contribution is 2.27. The van der Waals surface area contributed by atoms with Gasteiger partial charge in [-0.2, -0.15) is 0 Å². The van der Waals surface area contributed by atoms with Crippen molar-refractivity contribution in [1.29, 1.82) is 0 Å². The van der Waals surface area contributed by atoms with Gasteiger partial charge >= 0.3 is 0 Å². The first-order valence-corrected chi connectivity index (χ1v) is 8.06. The summed E-state index contributed by atoms with van der Waals surface area (Å²) in [6.07, 6.45) is 2.77. The minimum absolute atomic E-state index is 0.0730. The van der Waals surface area contributed by atoms with Crippen molar-refractivity contribution in [1.82, 2.24) is 0 Å². The Morgan fingerprint density at radius 3 is 2.71 bits per heavy atom. The van der Waals surface area contributed by atoms with Gasteiger partial charge in [0, 0.05) is 16.1 Å². The van der Waals surface area contributed by atoms with Gasteiger partial charge in [-0.25, -0.2) is 0 Å². The van der Waals surface area contributed by atoms with Crippen LogP contribution in [0.2, 0.25) is 0 Å². The third kappa shape index (κ3) is 3.18. The third-order valence-electron chi connectivity index (χ3n) is 4.14. The van der Waals surface area contributed by atoms with E-state index in [0.29, 0.717) is 0 Å². The Morgan fingerprint density at radius 1 is 1.19 bits per heavy atom. The molecule has 1 aliphatic rings. The summed E-state index contributed by atoms with van der Waals surface area (Å²) in [5.41, 5.74) is 4.71. The average molecular weight is 344 g/mol. The largest absolute Gasteiger partial charge is 0.326 e. The maximum absolute atomic E-state index is 12.5. The molecule has 2 aromatic rings. The number of hydrogen-bond acceptors (Lipinski definition) is 1. The summed E-state index contributed by atoms with van der Waals surface area (Å²) in [5, 5.41) is 3.05. The molecule has 0 fully saturated rings. The number of rotatable bonds is 2. The number of benzene rings is 2. The molecule has 1 aliphatic carbocycles. The van der Waals surface area contributed by atoms with Crippen molar-refractivity contribution in [3.63, 3.8) is 0 Å². The first kappa shape index (κ1) is 14.3. The number of nitrogens with one attached hydrogen (secondary N) is 1. The lowest BCUT2D eigenvalue weighted by atomic mass is 9.83. The first-order chi connectivity index (χ1) is 10.1. The molecule has 0 aliphatic heterocycles. The molecule has 0 saturated heterocycles. The molecular weight excluding hydrogens is 326 g/mol. The normalized spacial score (nSPS) is 17.1. The van der Waals surface area contributed by atoms with Crippen LogP contribution in [0.25, 0.3) is 0 Å². The monoisotopic (exact) mass is 343 g/mol. The molecular formula is C18H18BrNO. The standard InChI is InChI=1S/C18H18BrNO/c1-12-10-16(8-9-17(12)19)20-18(21)15-7-6-13-4-2-3-5-14(13)11-15/h2-5,8-10,15H,6-7,11H2,1H3,(H,20,21). The summed E-state index contributed by atoms with van der Waals surface area (Å²) >= 11 is 3.48. The summed E-state index contributed by atoms with van der Waals surface area (Å²) in [7, 11) is 0. The number of aryl methyl sites for hydroxylation is 2. The zero-order chi connectivity index (χ0) is 14.8. The smallest absolute Gasteiger partial charge is 0.227 e. The predicted molar refractivity (Wildman–Crippen MR) is 89.5 cm³/mol. The third-order valence-corrected chi connectivity index (χ3v) is 5.03. The minimum Gasteiger partial charge on any atom is -0.326 e. The van der Waals surface area contributed by atoms with Crippen LogP contribution in [-0.2, 0) is 17.6 Å². The fourth-order valence-electron chi connectivity index (χ4n) is 2.89. The van der Waals surface area contributed by atoms with E-state index >= 15 is 0 Å². The summed E-state index contributed by atoms with van der Waals surface area (Å²) in [6, 6.07) is 14.3. The second-order valence-electron chi connectivity index (χ2n) is 5.66. The molecule has 3 heteroatoms. The number of carbonyl (C=O) groups excluding carboxylic acids is 1. The van der Waals surface area contributed by atoms with Crippen LogP contribution in [0.1, 0.15) is 23.1 Å². The molecule has 2 nitrogen and oxygen atoms in total. The van der Waals surface area contributed by atoms with Gasteiger partial charge in [-0.1, -0.05) is 40.2 Å². The van der Waals surface area contributed by atoms with E-state index in [1.54, 1.807) is 0 Å². The molecule has 0 heterocycles. The van der Waals surface area contributed by atoms with Crippen molar-refractivity contribution in [2.24, 2.45) is 5.92 Å². The second-order valence-corrected chi connectivity index (χ2v) is 6.52. The average Bonchev–Trinajstić information content (AvgIpc) is 2.50. The maximum Gasteiger partial charge on any atom is 0.227 e. The molecule has 2 aromatic carbocycles. The van der Waals surface area contributed by atoms with Gasteiger partial charge < -0.3 is 5.32 Å². The van der Waals surface area contributed by atoms with Crippen LogP contribution < -0.4 is 5.32 Å². The van der Waals surface area contributed by atoms with E-state index in [1.807, 2.05) is 25.1 Å². The van der Waals surface area contributed by atoms with Crippen LogP contribution in [0.3, 0.4) is 0 Å². The van der Waals surface area contributed by atoms with E-state index in [-0.39, 0.29) is 11.8 Å². The van der Waals surface area contributed by atoms with Crippen LogP contribution in [-0.4, -0.2) is 5.91 Å². The Morgan fingerprint density at radius 2 is 1.95 bits per heavy atom. The molecule has 1 amide bonds. The van der Waals surface area contributed by atoms with Crippen LogP contribution >= 0.6 is 15.9 Å². The highest BCUT2D eigenvalue weighted by molar-refractivity contribution is 9.10. The van der Waals surface area contributed by atoms with Gasteiger partial charge in [-0.05, 0) is 61.1 Å². The zero-order valence-electron chi connectivity index (χ0n) is 12.0. The molecule has 1 atom stereocenters. The molecule has 0 radical (unpaired) electrons. The van der Waals surface area contributed by atoms with Crippen LogP contribution in [0.15, 0.2) is 46.9 Å². The van der Waals surface area contributed by atoms with Gasteiger partial charge in [0.1, 0.15) is 0 Å². The molecule has 3 rings (SSSR count).